The number of hydrogen-bond donors (Lipinski definition) is 2. The molecule has 0 heterocycles. The first-order valence-corrected chi connectivity index (χ1v) is 7.08. The summed E-state index contributed by atoms with van der Waals surface area (Å²) in [4.78, 5) is 2.30. The maximum atomic E-state index is 7.45. The Bertz CT molecular complexity index is 431. The molecule has 1 aromatic rings. The fourth-order valence-corrected chi connectivity index (χ4v) is 1.89. The molecule has 112 valence electrons. The van der Waals surface area contributed by atoms with Gasteiger partial charge < -0.3 is 20.1 Å². The lowest BCUT2D eigenvalue weighted by Crippen LogP contribution is -2.28. The number of likely N-dealkylation sites (N-methyl/N-ethyl adjacent to an activating group) is 1. The van der Waals surface area contributed by atoms with Crippen LogP contribution in [0.5, 0.6) is 11.5 Å². The van der Waals surface area contributed by atoms with Crippen LogP contribution in [0.25, 0.3) is 0 Å². The van der Waals surface area contributed by atoms with E-state index in [4.69, 9.17) is 20.6 Å². The van der Waals surface area contributed by atoms with Crippen LogP contribution >= 0.6 is 0 Å². The van der Waals surface area contributed by atoms with Crippen molar-refractivity contribution in [1.29, 1.82) is 5.41 Å². The summed E-state index contributed by atoms with van der Waals surface area (Å²) in [5.74, 6) is 1.37. The van der Waals surface area contributed by atoms with Gasteiger partial charge >= 0.3 is 0 Å². The summed E-state index contributed by atoms with van der Waals surface area (Å²) in [6.07, 6.45) is 0. The van der Waals surface area contributed by atoms with Gasteiger partial charge in [0.15, 0.2) is 11.5 Å². The highest BCUT2D eigenvalue weighted by molar-refractivity contribution is 5.95. The molecule has 0 aliphatic carbocycles. The van der Waals surface area contributed by atoms with Gasteiger partial charge in [-0.05, 0) is 38.2 Å². The smallest absolute Gasteiger partial charge is 0.161 e. The molecular formula is C15H25N3O2. The Hall–Kier alpha value is -1.75. The zero-order valence-corrected chi connectivity index (χ0v) is 12.6. The topological polar surface area (TPSA) is 71.6 Å². The Morgan fingerprint density at radius 2 is 1.85 bits per heavy atom. The number of nitrogens with two attached hydrogens (primary N) is 1. The lowest BCUT2D eigenvalue weighted by molar-refractivity contribution is 0.214. The molecule has 0 unspecified atom stereocenters. The number of hydrogen-bond acceptors (Lipinski definition) is 4. The minimum atomic E-state index is 0.0284. The number of rotatable bonds is 9. The lowest BCUT2D eigenvalue weighted by atomic mass is 10.2. The zero-order valence-electron chi connectivity index (χ0n) is 12.6. The molecule has 0 fully saturated rings. The molecule has 0 bridgehead atoms. The van der Waals surface area contributed by atoms with Gasteiger partial charge in [0, 0.05) is 12.1 Å². The molecule has 1 aromatic carbocycles. The van der Waals surface area contributed by atoms with Crippen molar-refractivity contribution < 1.29 is 9.47 Å². The molecular weight excluding hydrogens is 254 g/mol. The molecule has 0 saturated carbocycles. The Labute approximate surface area is 121 Å². The predicted molar refractivity (Wildman–Crippen MR) is 81.9 cm³/mol. The molecule has 0 aliphatic rings. The quantitative estimate of drug-likeness (QED) is 0.536. The number of nitrogens with zero attached hydrogens (tertiary/aromatic N) is 1. The molecule has 3 N–H and O–H groups in total. The lowest BCUT2D eigenvalue weighted by Gasteiger charge is -2.19. The van der Waals surface area contributed by atoms with Crippen LogP contribution in [-0.2, 0) is 0 Å². The van der Waals surface area contributed by atoms with E-state index in [0.29, 0.717) is 30.3 Å². The van der Waals surface area contributed by atoms with Crippen LogP contribution in [0.1, 0.15) is 26.3 Å². The summed E-state index contributed by atoms with van der Waals surface area (Å²) in [5.41, 5.74) is 6.13. The number of amidine groups is 1. The second-order valence-corrected chi connectivity index (χ2v) is 4.38. The average Bonchev–Trinajstić information content (AvgIpc) is 2.45. The molecule has 0 atom stereocenters. The van der Waals surface area contributed by atoms with Crippen molar-refractivity contribution in [3.63, 3.8) is 0 Å². The monoisotopic (exact) mass is 279 g/mol. The van der Waals surface area contributed by atoms with Crippen molar-refractivity contribution in [2.24, 2.45) is 5.73 Å². The molecule has 1 rings (SSSR count). The fraction of sp³-hybridized carbons (Fsp3) is 0.533. The normalized spacial score (nSPS) is 10.6. The van der Waals surface area contributed by atoms with Crippen LogP contribution in [0, 0.1) is 5.41 Å². The van der Waals surface area contributed by atoms with Gasteiger partial charge in [0.05, 0.1) is 6.61 Å². The van der Waals surface area contributed by atoms with Gasteiger partial charge in [-0.1, -0.05) is 13.8 Å². The molecule has 0 radical (unpaired) electrons. The van der Waals surface area contributed by atoms with E-state index in [0.717, 1.165) is 19.6 Å². The first-order valence-electron chi connectivity index (χ1n) is 7.08. The van der Waals surface area contributed by atoms with E-state index >= 15 is 0 Å². The van der Waals surface area contributed by atoms with E-state index in [9.17, 15) is 0 Å². The summed E-state index contributed by atoms with van der Waals surface area (Å²) in [5, 5.41) is 7.45. The Morgan fingerprint density at radius 1 is 1.15 bits per heavy atom. The van der Waals surface area contributed by atoms with Gasteiger partial charge in [0.25, 0.3) is 0 Å². The van der Waals surface area contributed by atoms with Crippen LogP contribution in [0.15, 0.2) is 18.2 Å². The number of ether oxygens (including phenoxy) is 2. The molecule has 0 amide bonds. The third kappa shape index (κ3) is 4.74. The standard InChI is InChI=1S/C15H25N3O2/c1-4-18(5-2)9-10-20-13-8-7-12(15(16)17)11-14(13)19-6-3/h7-8,11H,4-6,9-10H2,1-3H3,(H3,16,17). The van der Waals surface area contributed by atoms with Crippen molar-refractivity contribution in [1.82, 2.24) is 4.90 Å². The Kier molecular flexibility index (Phi) is 6.87. The third-order valence-electron chi connectivity index (χ3n) is 3.11. The van der Waals surface area contributed by atoms with E-state index < -0.39 is 0 Å². The third-order valence-corrected chi connectivity index (χ3v) is 3.11. The zero-order chi connectivity index (χ0) is 15.0. The minimum absolute atomic E-state index is 0.0284. The van der Waals surface area contributed by atoms with Crippen LogP contribution < -0.4 is 15.2 Å². The largest absolute Gasteiger partial charge is 0.490 e. The molecule has 0 spiro atoms. The van der Waals surface area contributed by atoms with Gasteiger partial charge in [-0.15, -0.1) is 0 Å². The van der Waals surface area contributed by atoms with Crippen molar-refractivity contribution in [3.05, 3.63) is 23.8 Å². The summed E-state index contributed by atoms with van der Waals surface area (Å²) >= 11 is 0. The van der Waals surface area contributed by atoms with E-state index in [-0.39, 0.29) is 5.84 Å². The summed E-state index contributed by atoms with van der Waals surface area (Å²) < 4.78 is 11.3. The van der Waals surface area contributed by atoms with Gasteiger partial charge in [-0.25, -0.2) is 0 Å². The first-order chi connectivity index (χ1) is 9.62. The molecule has 0 saturated heterocycles. The van der Waals surface area contributed by atoms with E-state index in [2.05, 4.69) is 18.7 Å². The van der Waals surface area contributed by atoms with Crippen LogP contribution in [0.2, 0.25) is 0 Å². The van der Waals surface area contributed by atoms with E-state index in [1.165, 1.54) is 0 Å². The van der Waals surface area contributed by atoms with Crippen molar-refractivity contribution in [2.75, 3.05) is 32.8 Å². The van der Waals surface area contributed by atoms with Gasteiger partial charge in [0.1, 0.15) is 12.4 Å². The second kappa shape index (κ2) is 8.43. The highest BCUT2D eigenvalue weighted by Gasteiger charge is 2.08. The molecule has 5 heteroatoms. The van der Waals surface area contributed by atoms with E-state index in [1.807, 2.05) is 13.0 Å². The maximum Gasteiger partial charge on any atom is 0.161 e. The molecule has 5 nitrogen and oxygen atoms in total. The predicted octanol–water partition coefficient (Wildman–Crippen LogP) is 2.09. The summed E-state index contributed by atoms with van der Waals surface area (Å²) in [7, 11) is 0. The second-order valence-electron chi connectivity index (χ2n) is 4.38. The Balaban J connectivity index is 2.70. The highest BCUT2D eigenvalue weighted by atomic mass is 16.5. The van der Waals surface area contributed by atoms with Gasteiger partial charge in [-0.3, -0.25) is 5.41 Å². The maximum absolute atomic E-state index is 7.45. The molecule has 20 heavy (non-hydrogen) atoms. The van der Waals surface area contributed by atoms with Gasteiger partial charge in [0.2, 0.25) is 0 Å². The van der Waals surface area contributed by atoms with Crippen LogP contribution in [0.4, 0.5) is 0 Å². The Morgan fingerprint density at radius 3 is 2.40 bits per heavy atom. The van der Waals surface area contributed by atoms with Crippen molar-refractivity contribution >= 4 is 5.84 Å². The molecule has 0 aromatic heterocycles. The highest BCUT2D eigenvalue weighted by Crippen LogP contribution is 2.28. The average molecular weight is 279 g/mol. The number of nitrogens with one attached hydrogen (secondary N) is 1. The number of nitrogen functional groups attached to an aromatic ring is 1. The van der Waals surface area contributed by atoms with Crippen LogP contribution in [0.3, 0.4) is 0 Å². The van der Waals surface area contributed by atoms with Crippen LogP contribution in [-0.4, -0.2) is 43.6 Å². The van der Waals surface area contributed by atoms with Crippen molar-refractivity contribution in [3.8, 4) is 11.5 Å². The van der Waals surface area contributed by atoms with Crippen molar-refractivity contribution in [2.45, 2.75) is 20.8 Å². The fourth-order valence-electron chi connectivity index (χ4n) is 1.89. The first kappa shape index (κ1) is 16.3. The minimum Gasteiger partial charge on any atom is -0.490 e. The summed E-state index contributed by atoms with van der Waals surface area (Å²) in [6.45, 7) is 10.3. The van der Waals surface area contributed by atoms with Gasteiger partial charge in [-0.2, -0.15) is 0 Å². The summed E-state index contributed by atoms with van der Waals surface area (Å²) in [6, 6.07) is 5.33. The van der Waals surface area contributed by atoms with E-state index in [1.54, 1.807) is 12.1 Å². The number of benzene rings is 1. The SMILES string of the molecule is CCOc1cc(C(=N)N)ccc1OCCN(CC)CC. The molecule has 0 aliphatic heterocycles.